The van der Waals surface area contributed by atoms with Crippen molar-refractivity contribution in [2.75, 3.05) is 6.61 Å². The Morgan fingerprint density at radius 1 is 1.47 bits per heavy atom. The van der Waals surface area contributed by atoms with Crippen LogP contribution in [0.4, 0.5) is 0 Å². The summed E-state index contributed by atoms with van der Waals surface area (Å²) in [7, 11) is 0. The maximum absolute atomic E-state index is 11.7. The first kappa shape index (κ1) is 12.2. The molecule has 2 heterocycles. The maximum Gasteiger partial charge on any atom is 0.313 e. The Morgan fingerprint density at radius 2 is 2.32 bits per heavy atom. The molecule has 2 aromatic rings. The van der Waals surface area contributed by atoms with Crippen LogP contribution in [0, 0.1) is 5.41 Å². The number of carboxylic acids is 1. The van der Waals surface area contributed by atoms with E-state index < -0.39 is 11.4 Å². The lowest BCUT2D eigenvalue weighted by Gasteiger charge is -2.33. The van der Waals surface area contributed by atoms with Crippen LogP contribution in [0.5, 0.6) is 5.75 Å². The summed E-state index contributed by atoms with van der Waals surface area (Å²) in [5.74, 6) is -0.0346. The molecule has 0 amide bonds. The molecule has 0 saturated carbocycles. The molecule has 0 aliphatic carbocycles. The number of carboxylic acid groups (broad SMARTS) is 1. The number of aromatic nitrogens is 1. The van der Waals surface area contributed by atoms with Crippen LogP contribution in [0.25, 0.3) is 0 Å². The third kappa shape index (κ3) is 2.21. The van der Waals surface area contributed by atoms with E-state index in [9.17, 15) is 9.90 Å². The van der Waals surface area contributed by atoms with Crippen LogP contribution in [0.15, 0.2) is 35.2 Å². The second-order valence-corrected chi connectivity index (χ2v) is 5.53. The van der Waals surface area contributed by atoms with Gasteiger partial charge in [-0.15, -0.1) is 11.3 Å². The van der Waals surface area contributed by atoms with Crippen LogP contribution in [0.1, 0.15) is 11.3 Å². The van der Waals surface area contributed by atoms with Gasteiger partial charge >= 0.3 is 5.97 Å². The number of fused-ring (bicyclic) bond motifs is 1. The average molecular weight is 275 g/mol. The fourth-order valence-electron chi connectivity index (χ4n) is 2.42. The zero-order valence-corrected chi connectivity index (χ0v) is 11.0. The molecule has 1 unspecified atom stereocenters. The summed E-state index contributed by atoms with van der Waals surface area (Å²) in [5, 5.41) is 11.5. The predicted octanol–water partition coefficient (Wildman–Crippen LogP) is 2.39. The number of aliphatic carboxylic acids is 1. The van der Waals surface area contributed by atoms with Gasteiger partial charge in [-0.05, 0) is 18.1 Å². The van der Waals surface area contributed by atoms with Crippen molar-refractivity contribution < 1.29 is 14.6 Å². The predicted molar refractivity (Wildman–Crippen MR) is 71.5 cm³/mol. The van der Waals surface area contributed by atoms with Gasteiger partial charge in [0.25, 0.3) is 0 Å². The fraction of sp³-hybridized carbons (Fsp3) is 0.286. The highest BCUT2D eigenvalue weighted by Gasteiger charge is 2.43. The molecule has 1 aliphatic rings. The zero-order valence-electron chi connectivity index (χ0n) is 10.2. The summed E-state index contributed by atoms with van der Waals surface area (Å²) in [6.45, 7) is 0.191. The van der Waals surface area contributed by atoms with Gasteiger partial charge in [0.05, 0.1) is 11.2 Å². The lowest BCUT2D eigenvalue weighted by molar-refractivity contribution is -0.151. The highest BCUT2D eigenvalue weighted by atomic mass is 32.1. The molecule has 4 nitrogen and oxygen atoms in total. The molecule has 1 N–H and O–H groups in total. The van der Waals surface area contributed by atoms with E-state index in [1.807, 2.05) is 29.6 Å². The first-order chi connectivity index (χ1) is 9.20. The summed E-state index contributed by atoms with van der Waals surface area (Å²) >= 11 is 1.48. The standard InChI is InChI=1S/C14H13NO3S/c16-13(17)14(6-11-7-19-9-15-11)5-10-3-1-2-4-12(10)18-8-14/h1-4,7,9H,5-6,8H2,(H,16,17). The quantitative estimate of drug-likeness (QED) is 0.934. The van der Waals surface area contributed by atoms with Gasteiger partial charge in [-0.25, -0.2) is 4.98 Å². The van der Waals surface area contributed by atoms with Crippen molar-refractivity contribution in [2.45, 2.75) is 12.8 Å². The molecular weight excluding hydrogens is 262 g/mol. The van der Waals surface area contributed by atoms with Gasteiger partial charge in [-0.1, -0.05) is 18.2 Å². The minimum Gasteiger partial charge on any atom is -0.492 e. The van der Waals surface area contributed by atoms with Crippen LogP contribution >= 0.6 is 11.3 Å². The molecule has 1 atom stereocenters. The molecule has 5 heteroatoms. The number of thiazole rings is 1. The van der Waals surface area contributed by atoms with Gasteiger partial charge < -0.3 is 9.84 Å². The Bertz CT molecular complexity index is 596. The second kappa shape index (κ2) is 4.66. The van der Waals surface area contributed by atoms with E-state index in [1.165, 1.54) is 11.3 Å². The largest absolute Gasteiger partial charge is 0.492 e. The van der Waals surface area contributed by atoms with E-state index in [4.69, 9.17) is 4.74 Å². The normalized spacial score (nSPS) is 21.5. The van der Waals surface area contributed by atoms with Gasteiger partial charge in [0.2, 0.25) is 0 Å². The number of nitrogens with zero attached hydrogens (tertiary/aromatic N) is 1. The van der Waals surface area contributed by atoms with Crippen LogP contribution < -0.4 is 4.74 Å². The number of para-hydroxylation sites is 1. The summed E-state index contributed by atoms with van der Waals surface area (Å²) in [5.41, 5.74) is 2.58. The average Bonchev–Trinajstić information content (AvgIpc) is 2.91. The molecule has 0 fully saturated rings. The lowest BCUT2D eigenvalue weighted by Crippen LogP contribution is -2.43. The lowest BCUT2D eigenvalue weighted by atomic mass is 9.77. The molecule has 0 saturated heterocycles. The van der Waals surface area contributed by atoms with Crippen molar-refractivity contribution in [3.63, 3.8) is 0 Å². The molecular formula is C14H13NO3S. The van der Waals surface area contributed by atoms with Crippen molar-refractivity contribution in [3.8, 4) is 5.75 Å². The third-order valence-corrected chi connectivity index (χ3v) is 4.10. The second-order valence-electron chi connectivity index (χ2n) is 4.82. The first-order valence-corrected chi connectivity index (χ1v) is 6.95. The van der Waals surface area contributed by atoms with Crippen LogP contribution in [-0.2, 0) is 17.6 Å². The first-order valence-electron chi connectivity index (χ1n) is 6.01. The van der Waals surface area contributed by atoms with E-state index in [2.05, 4.69) is 4.98 Å². The van der Waals surface area contributed by atoms with Crippen LogP contribution in [0.2, 0.25) is 0 Å². The Labute approximate surface area is 114 Å². The van der Waals surface area contributed by atoms with E-state index in [0.29, 0.717) is 12.8 Å². The Hall–Kier alpha value is -1.88. The van der Waals surface area contributed by atoms with Gasteiger partial charge in [0.15, 0.2) is 0 Å². The fourth-order valence-corrected chi connectivity index (χ4v) is 2.98. The van der Waals surface area contributed by atoms with E-state index in [-0.39, 0.29) is 6.61 Å². The molecule has 98 valence electrons. The SMILES string of the molecule is O=C(O)C1(Cc2cscn2)COc2ccccc2C1. The minimum absolute atomic E-state index is 0.191. The molecule has 0 bridgehead atoms. The Balaban J connectivity index is 1.93. The third-order valence-electron chi connectivity index (χ3n) is 3.46. The summed E-state index contributed by atoms with van der Waals surface area (Å²) in [4.78, 5) is 15.9. The maximum atomic E-state index is 11.7. The molecule has 1 aliphatic heterocycles. The van der Waals surface area contributed by atoms with E-state index in [1.54, 1.807) is 5.51 Å². The number of ether oxygens (including phenoxy) is 1. The topological polar surface area (TPSA) is 59.4 Å². The van der Waals surface area contributed by atoms with Crippen LogP contribution in [0.3, 0.4) is 0 Å². The monoisotopic (exact) mass is 275 g/mol. The highest BCUT2D eigenvalue weighted by Crippen LogP contribution is 2.37. The highest BCUT2D eigenvalue weighted by molar-refractivity contribution is 7.07. The smallest absolute Gasteiger partial charge is 0.313 e. The molecule has 19 heavy (non-hydrogen) atoms. The zero-order chi connectivity index (χ0) is 13.3. The number of rotatable bonds is 3. The van der Waals surface area contributed by atoms with Crippen molar-refractivity contribution in [1.82, 2.24) is 4.98 Å². The Kier molecular flexibility index (Phi) is 2.98. The van der Waals surface area contributed by atoms with Gasteiger partial charge in [0.1, 0.15) is 17.8 Å². The summed E-state index contributed by atoms with van der Waals surface area (Å²) in [6, 6.07) is 7.60. The number of carbonyl (C=O) groups is 1. The molecule has 1 aromatic carbocycles. The van der Waals surface area contributed by atoms with Crippen molar-refractivity contribution in [2.24, 2.45) is 5.41 Å². The van der Waals surface area contributed by atoms with Crippen molar-refractivity contribution >= 4 is 17.3 Å². The number of hydrogen-bond donors (Lipinski definition) is 1. The van der Waals surface area contributed by atoms with Gasteiger partial charge in [-0.2, -0.15) is 0 Å². The molecule has 3 rings (SSSR count). The van der Waals surface area contributed by atoms with Crippen molar-refractivity contribution in [1.29, 1.82) is 0 Å². The van der Waals surface area contributed by atoms with E-state index in [0.717, 1.165) is 17.0 Å². The minimum atomic E-state index is -0.914. The van der Waals surface area contributed by atoms with Gasteiger partial charge in [-0.3, -0.25) is 4.79 Å². The molecule has 0 radical (unpaired) electrons. The molecule has 0 spiro atoms. The number of benzene rings is 1. The number of hydrogen-bond acceptors (Lipinski definition) is 4. The van der Waals surface area contributed by atoms with Crippen LogP contribution in [-0.4, -0.2) is 22.7 Å². The van der Waals surface area contributed by atoms with E-state index >= 15 is 0 Å². The summed E-state index contributed by atoms with van der Waals surface area (Å²) in [6.07, 6.45) is 0.885. The molecule has 1 aromatic heterocycles. The Morgan fingerprint density at radius 3 is 3.05 bits per heavy atom. The van der Waals surface area contributed by atoms with Crippen molar-refractivity contribution in [3.05, 3.63) is 46.4 Å². The van der Waals surface area contributed by atoms with Gasteiger partial charge in [0, 0.05) is 11.8 Å². The summed E-state index contributed by atoms with van der Waals surface area (Å²) < 4.78 is 5.64.